The second kappa shape index (κ2) is 6.09. The van der Waals surface area contributed by atoms with Crippen molar-refractivity contribution in [2.24, 2.45) is 5.10 Å². The van der Waals surface area contributed by atoms with Crippen LogP contribution in [0.15, 0.2) is 35.7 Å². The zero-order valence-corrected chi connectivity index (χ0v) is 13.3. The maximum absolute atomic E-state index is 11.0. The summed E-state index contributed by atoms with van der Waals surface area (Å²) >= 11 is 1.60. The lowest BCUT2D eigenvalue weighted by molar-refractivity contribution is -0.385. The zero-order valence-electron chi connectivity index (χ0n) is 12.5. The van der Waals surface area contributed by atoms with E-state index in [1.54, 1.807) is 29.5 Å². The van der Waals surface area contributed by atoms with Gasteiger partial charge in [-0.05, 0) is 25.5 Å². The smallest absolute Gasteiger partial charge is 0.261 e. The third-order valence-electron chi connectivity index (χ3n) is 3.47. The molecule has 0 saturated heterocycles. The molecule has 8 heteroatoms. The molecule has 0 saturated carbocycles. The molecule has 116 valence electrons. The maximum atomic E-state index is 11.0. The summed E-state index contributed by atoms with van der Waals surface area (Å²) in [6, 6.07) is 6.42. The molecule has 7 nitrogen and oxygen atoms in total. The van der Waals surface area contributed by atoms with Gasteiger partial charge in [-0.15, -0.1) is 11.3 Å². The summed E-state index contributed by atoms with van der Waals surface area (Å²) in [5.41, 5.74) is 4.40. The Balaban J connectivity index is 1.91. The van der Waals surface area contributed by atoms with Gasteiger partial charge in [-0.2, -0.15) is 5.10 Å². The van der Waals surface area contributed by atoms with E-state index in [4.69, 9.17) is 0 Å². The van der Waals surface area contributed by atoms with Crippen molar-refractivity contribution >= 4 is 39.3 Å². The van der Waals surface area contributed by atoms with E-state index in [2.05, 4.69) is 20.5 Å². The molecule has 0 atom stereocenters. The minimum Gasteiger partial charge on any atom is -0.261 e. The number of hydrogen-bond donors (Lipinski definition) is 1. The van der Waals surface area contributed by atoms with Crippen molar-refractivity contribution < 1.29 is 4.92 Å². The topological polar surface area (TPSA) is 93.3 Å². The first-order valence-electron chi connectivity index (χ1n) is 6.81. The van der Waals surface area contributed by atoms with Crippen molar-refractivity contribution in [3.05, 3.63) is 56.7 Å². The van der Waals surface area contributed by atoms with Crippen LogP contribution in [0.3, 0.4) is 0 Å². The number of nitro groups is 1. The average molecular weight is 327 g/mol. The van der Waals surface area contributed by atoms with E-state index in [9.17, 15) is 10.1 Å². The van der Waals surface area contributed by atoms with Crippen molar-refractivity contribution in [1.29, 1.82) is 0 Å². The molecule has 0 amide bonds. The number of aromatic nitrogens is 2. The van der Waals surface area contributed by atoms with Gasteiger partial charge in [-0.25, -0.2) is 9.97 Å². The molecule has 0 unspecified atom stereocenters. The van der Waals surface area contributed by atoms with Gasteiger partial charge >= 0.3 is 0 Å². The molecule has 23 heavy (non-hydrogen) atoms. The van der Waals surface area contributed by atoms with E-state index in [0.29, 0.717) is 11.4 Å². The monoisotopic (exact) mass is 327 g/mol. The molecule has 3 aromatic rings. The highest BCUT2D eigenvalue weighted by atomic mass is 32.1. The van der Waals surface area contributed by atoms with Gasteiger partial charge in [0.15, 0.2) is 5.82 Å². The first-order chi connectivity index (χ1) is 11.1. The molecule has 0 spiro atoms. The van der Waals surface area contributed by atoms with Crippen LogP contribution in [0.4, 0.5) is 11.5 Å². The molecular formula is C15H13N5O2S. The van der Waals surface area contributed by atoms with Crippen LogP contribution in [-0.4, -0.2) is 21.1 Å². The number of benzene rings is 1. The van der Waals surface area contributed by atoms with Crippen LogP contribution < -0.4 is 5.43 Å². The SMILES string of the molecule is Cc1sc2ncnc(N/N=C\c3ccccc3[N+](=O)[O-])c2c1C. The molecule has 0 aliphatic carbocycles. The van der Waals surface area contributed by atoms with Gasteiger partial charge in [-0.3, -0.25) is 15.5 Å². The maximum Gasteiger partial charge on any atom is 0.278 e. The number of rotatable bonds is 4. The standard InChI is InChI=1S/C15H13N5O2S/c1-9-10(2)23-15-13(9)14(16-8-17-15)19-18-7-11-5-3-4-6-12(11)20(21)22/h3-8H,1-2H3,(H,16,17,19)/b18-7-. The molecule has 2 heterocycles. The second-order valence-electron chi connectivity index (χ2n) is 4.87. The van der Waals surface area contributed by atoms with Crippen LogP contribution >= 0.6 is 11.3 Å². The Morgan fingerprint density at radius 2 is 2.09 bits per heavy atom. The van der Waals surface area contributed by atoms with E-state index in [1.165, 1.54) is 23.5 Å². The van der Waals surface area contributed by atoms with Gasteiger partial charge < -0.3 is 0 Å². The Kier molecular flexibility index (Phi) is 3.98. The summed E-state index contributed by atoms with van der Waals surface area (Å²) in [4.78, 5) is 21.1. The van der Waals surface area contributed by atoms with E-state index in [1.807, 2.05) is 13.8 Å². The summed E-state index contributed by atoms with van der Waals surface area (Å²) in [6.07, 6.45) is 2.89. The van der Waals surface area contributed by atoms with Crippen molar-refractivity contribution in [3.63, 3.8) is 0 Å². The van der Waals surface area contributed by atoms with Crippen molar-refractivity contribution in [2.75, 3.05) is 5.43 Å². The number of hydrogen-bond acceptors (Lipinski definition) is 7. The van der Waals surface area contributed by atoms with Crippen LogP contribution in [0.1, 0.15) is 16.0 Å². The third kappa shape index (κ3) is 2.88. The molecular weight excluding hydrogens is 314 g/mol. The van der Waals surface area contributed by atoms with Crippen LogP contribution in [0.25, 0.3) is 10.2 Å². The van der Waals surface area contributed by atoms with Gasteiger partial charge in [-0.1, -0.05) is 12.1 Å². The normalized spacial score (nSPS) is 11.2. The van der Waals surface area contributed by atoms with E-state index in [-0.39, 0.29) is 5.69 Å². The zero-order chi connectivity index (χ0) is 16.4. The molecule has 0 bridgehead atoms. The third-order valence-corrected chi connectivity index (χ3v) is 4.59. The minimum absolute atomic E-state index is 0.00782. The molecule has 2 aromatic heterocycles. The predicted octanol–water partition coefficient (Wildman–Crippen LogP) is 3.66. The van der Waals surface area contributed by atoms with Gasteiger partial charge in [0.1, 0.15) is 11.2 Å². The van der Waals surface area contributed by atoms with E-state index >= 15 is 0 Å². The number of nitrogens with one attached hydrogen (secondary N) is 1. The molecule has 0 aliphatic rings. The highest BCUT2D eigenvalue weighted by Gasteiger charge is 2.12. The minimum atomic E-state index is -0.434. The van der Waals surface area contributed by atoms with Crippen molar-refractivity contribution in [3.8, 4) is 0 Å². The Labute approximate surface area is 135 Å². The summed E-state index contributed by atoms with van der Waals surface area (Å²) in [6.45, 7) is 4.04. The Morgan fingerprint density at radius 3 is 2.87 bits per heavy atom. The fourth-order valence-corrected chi connectivity index (χ4v) is 3.19. The number of anilines is 1. The number of thiophene rings is 1. The molecule has 0 aliphatic heterocycles. The van der Waals surface area contributed by atoms with Crippen molar-refractivity contribution in [1.82, 2.24) is 9.97 Å². The van der Waals surface area contributed by atoms with Gasteiger partial charge in [0.05, 0.1) is 22.1 Å². The molecule has 1 aromatic carbocycles. The number of fused-ring (bicyclic) bond motifs is 1. The lowest BCUT2D eigenvalue weighted by Gasteiger charge is -2.02. The van der Waals surface area contributed by atoms with Crippen LogP contribution in [0, 0.1) is 24.0 Å². The van der Waals surface area contributed by atoms with Crippen LogP contribution in [0.2, 0.25) is 0 Å². The highest BCUT2D eigenvalue weighted by molar-refractivity contribution is 7.18. The van der Waals surface area contributed by atoms with Crippen molar-refractivity contribution in [2.45, 2.75) is 13.8 Å². The summed E-state index contributed by atoms with van der Waals surface area (Å²) in [7, 11) is 0. The second-order valence-corrected chi connectivity index (χ2v) is 6.07. The molecule has 0 radical (unpaired) electrons. The first-order valence-corrected chi connectivity index (χ1v) is 7.62. The number of nitrogens with zero attached hydrogens (tertiary/aromatic N) is 4. The fraction of sp³-hybridized carbons (Fsp3) is 0.133. The summed E-state index contributed by atoms with van der Waals surface area (Å²) < 4.78 is 0. The van der Waals surface area contributed by atoms with E-state index in [0.717, 1.165) is 15.8 Å². The quantitative estimate of drug-likeness (QED) is 0.448. The lowest BCUT2D eigenvalue weighted by Crippen LogP contribution is -1.98. The Bertz CT molecular complexity index is 919. The number of aryl methyl sites for hydroxylation is 2. The Hall–Kier alpha value is -2.87. The molecule has 1 N–H and O–H groups in total. The van der Waals surface area contributed by atoms with Crippen LogP contribution in [-0.2, 0) is 0 Å². The summed E-state index contributed by atoms with van der Waals surface area (Å²) in [5, 5.41) is 16.0. The fourth-order valence-electron chi connectivity index (χ4n) is 2.19. The van der Waals surface area contributed by atoms with Crippen LogP contribution in [0.5, 0.6) is 0 Å². The number of hydrazone groups is 1. The molecule has 0 fully saturated rings. The van der Waals surface area contributed by atoms with Gasteiger partial charge in [0, 0.05) is 10.9 Å². The Morgan fingerprint density at radius 1 is 1.30 bits per heavy atom. The number of para-hydroxylation sites is 1. The largest absolute Gasteiger partial charge is 0.278 e. The number of nitro benzene ring substituents is 1. The lowest BCUT2D eigenvalue weighted by atomic mass is 10.2. The summed E-state index contributed by atoms with van der Waals surface area (Å²) in [5.74, 6) is 0.590. The van der Waals surface area contributed by atoms with Gasteiger partial charge in [0.25, 0.3) is 5.69 Å². The predicted molar refractivity (Wildman–Crippen MR) is 91.2 cm³/mol. The molecule has 3 rings (SSSR count). The first kappa shape index (κ1) is 15.0. The van der Waals surface area contributed by atoms with E-state index < -0.39 is 4.92 Å². The average Bonchev–Trinajstić information content (AvgIpc) is 2.83. The van der Waals surface area contributed by atoms with Gasteiger partial charge in [0.2, 0.25) is 0 Å². The highest BCUT2D eigenvalue weighted by Crippen LogP contribution is 2.32.